The highest BCUT2D eigenvalue weighted by Crippen LogP contribution is 2.23. The van der Waals surface area contributed by atoms with Crippen molar-refractivity contribution < 1.29 is 8.42 Å². The summed E-state index contributed by atoms with van der Waals surface area (Å²) in [7, 11) is -2.85. The first-order chi connectivity index (χ1) is 6.99. The predicted molar refractivity (Wildman–Crippen MR) is 63.7 cm³/mol. The summed E-state index contributed by atoms with van der Waals surface area (Å²) in [5.41, 5.74) is 6.33. The van der Waals surface area contributed by atoms with Gasteiger partial charge in [0, 0.05) is 17.3 Å². The molecule has 0 unspecified atom stereocenters. The van der Waals surface area contributed by atoms with E-state index in [9.17, 15) is 8.42 Å². The van der Waals surface area contributed by atoms with Gasteiger partial charge in [0.05, 0.1) is 17.6 Å². The Morgan fingerprint density at radius 3 is 2.87 bits per heavy atom. The first-order valence-electron chi connectivity index (χ1n) is 4.49. The molecule has 0 saturated carbocycles. The summed E-state index contributed by atoms with van der Waals surface area (Å²) in [6.45, 7) is 0. The number of nitrogens with zero attached hydrogens (tertiary/aromatic N) is 1. The van der Waals surface area contributed by atoms with Crippen LogP contribution < -0.4 is 5.73 Å². The number of thioether (sulfide) groups is 1. The SMILES string of the molecule is CS(=O)(=O)CCCSc1ccncc1N. The number of hydrogen-bond acceptors (Lipinski definition) is 5. The largest absolute Gasteiger partial charge is 0.397 e. The molecule has 0 atom stereocenters. The minimum Gasteiger partial charge on any atom is -0.397 e. The number of anilines is 1. The molecule has 0 saturated heterocycles. The fraction of sp³-hybridized carbons (Fsp3) is 0.444. The Kier molecular flexibility index (Phi) is 4.41. The van der Waals surface area contributed by atoms with E-state index >= 15 is 0 Å². The third-order valence-corrected chi connectivity index (χ3v) is 3.93. The van der Waals surface area contributed by atoms with Crippen LogP contribution in [-0.2, 0) is 9.84 Å². The van der Waals surface area contributed by atoms with E-state index in [2.05, 4.69) is 4.98 Å². The first-order valence-corrected chi connectivity index (χ1v) is 7.53. The van der Waals surface area contributed by atoms with Gasteiger partial charge in [-0.15, -0.1) is 11.8 Å². The maximum absolute atomic E-state index is 10.9. The molecule has 84 valence electrons. The molecule has 1 heterocycles. The van der Waals surface area contributed by atoms with E-state index in [1.54, 1.807) is 24.2 Å². The van der Waals surface area contributed by atoms with Gasteiger partial charge in [0.1, 0.15) is 9.84 Å². The molecule has 1 aromatic rings. The molecule has 0 aromatic carbocycles. The summed E-state index contributed by atoms with van der Waals surface area (Å²) in [5, 5.41) is 0. The highest BCUT2D eigenvalue weighted by atomic mass is 32.2. The van der Waals surface area contributed by atoms with E-state index in [0.717, 1.165) is 10.6 Å². The number of rotatable bonds is 5. The second kappa shape index (κ2) is 5.37. The van der Waals surface area contributed by atoms with Crippen LogP contribution in [0, 0.1) is 0 Å². The number of hydrogen-bond donors (Lipinski definition) is 1. The lowest BCUT2D eigenvalue weighted by Crippen LogP contribution is -2.03. The van der Waals surface area contributed by atoms with E-state index < -0.39 is 9.84 Å². The Morgan fingerprint density at radius 1 is 1.53 bits per heavy atom. The summed E-state index contributed by atoms with van der Waals surface area (Å²) in [5.74, 6) is 0.978. The van der Waals surface area contributed by atoms with E-state index in [-0.39, 0.29) is 5.75 Å². The molecule has 2 N–H and O–H groups in total. The average Bonchev–Trinajstić information content (AvgIpc) is 2.13. The van der Waals surface area contributed by atoms with E-state index in [1.807, 2.05) is 6.07 Å². The molecule has 0 aliphatic heterocycles. The van der Waals surface area contributed by atoms with Gasteiger partial charge in [0.2, 0.25) is 0 Å². The van der Waals surface area contributed by atoms with Gasteiger partial charge in [-0.05, 0) is 18.2 Å². The lowest BCUT2D eigenvalue weighted by molar-refractivity contribution is 0.600. The van der Waals surface area contributed by atoms with Crippen molar-refractivity contribution in [2.75, 3.05) is 23.5 Å². The van der Waals surface area contributed by atoms with Crippen LogP contribution in [0.4, 0.5) is 5.69 Å². The van der Waals surface area contributed by atoms with Gasteiger partial charge < -0.3 is 5.73 Å². The quantitative estimate of drug-likeness (QED) is 0.624. The van der Waals surface area contributed by atoms with Crippen molar-refractivity contribution in [3.05, 3.63) is 18.5 Å². The fourth-order valence-corrected chi connectivity index (χ4v) is 2.77. The van der Waals surface area contributed by atoms with Crippen LogP contribution in [0.2, 0.25) is 0 Å². The third kappa shape index (κ3) is 5.03. The Balaban J connectivity index is 2.36. The summed E-state index contributed by atoms with van der Waals surface area (Å²) in [6.07, 6.45) is 5.16. The lowest BCUT2D eigenvalue weighted by Gasteiger charge is -2.03. The van der Waals surface area contributed by atoms with E-state index in [0.29, 0.717) is 12.1 Å². The summed E-state index contributed by atoms with van der Waals surface area (Å²) < 4.78 is 21.7. The van der Waals surface area contributed by atoms with Gasteiger partial charge in [-0.25, -0.2) is 8.42 Å². The highest BCUT2D eigenvalue weighted by Gasteiger charge is 2.03. The topological polar surface area (TPSA) is 73.0 Å². The summed E-state index contributed by atoms with van der Waals surface area (Å²) in [4.78, 5) is 4.84. The van der Waals surface area contributed by atoms with Crippen LogP contribution in [0.1, 0.15) is 6.42 Å². The molecule has 15 heavy (non-hydrogen) atoms. The minimum atomic E-state index is -2.85. The molecule has 4 nitrogen and oxygen atoms in total. The molecule has 1 rings (SSSR count). The Bertz CT molecular complexity index is 418. The zero-order valence-electron chi connectivity index (χ0n) is 8.51. The molecule has 0 amide bonds. The monoisotopic (exact) mass is 246 g/mol. The molecule has 0 spiro atoms. The van der Waals surface area contributed by atoms with Crippen LogP contribution in [0.5, 0.6) is 0 Å². The minimum absolute atomic E-state index is 0.227. The Morgan fingerprint density at radius 2 is 2.27 bits per heavy atom. The normalized spacial score (nSPS) is 11.5. The van der Waals surface area contributed by atoms with Gasteiger partial charge >= 0.3 is 0 Å². The van der Waals surface area contributed by atoms with Gasteiger partial charge in [-0.2, -0.15) is 0 Å². The van der Waals surface area contributed by atoms with E-state index in [4.69, 9.17) is 5.73 Å². The Hall–Kier alpha value is -0.750. The van der Waals surface area contributed by atoms with Crippen molar-refractivity contribution in [2.24, 2.45) is 0 Å². The van der Waals surface area contributed by atoms with Crippen molar-refractivity contribution in [3.8, 4) is 0 Å². The van der Waals surface area contributed by atoms with Crippen molar-refractivity contribution >= 4 is 27.3 Å². The number of pyridine rings is 1. The lowest BCUT2D eigenvalue weighted by atomic mass is 10.4. The van der Waals surface area contributed by atoms with Crippen LogP contribution in [-0.4, -0.2) is 31.2 Å². The average molecular weight is 246 g/mol. The zero-order chi connectivity index (χ0) is 11.3. The predicted octanol–water partition coefficient (Wildman–Crippen LogP) is 1.19. The van der Waals surface area contributed by atoms with E-state index in [1.165, 1.54) is 6.26 Å². The molecular weight excluding hydrogens is 232 g/mol. The number of nitrogen functional groups attached to an aromatic ring is 1. The molecule has 0 fully saturated rings. The molecule has 0 bridgehead atoms. The number of nitrogens with two attached hydrogens (primary N) is 1. The maximum Gasteiger partial charge on any atom is 0.147 e. The maximum atomic E-state index is 10.9. The van der Waals surface area contributed by atoms with Crippen molar-refractivity contribution in [2.45, 2.75) is 11.3 Å². The summed E-state index contributed by atoms with van der Waals surface area (Å²) in [6, 6.07) is 1.83. The highest BCUT2D eigenvalue weighted by molar-refractivity contribution is 7.99. The standard InChI is InChI=1S/C9H14N2O2S2/c1-15(12,13)6-2-5-14-9-3-4-11-7-8(9)10/h3-4,7H,2,5-6,10H2,1H3. The molecule has 6 heteroatoms. The van der Waals surface area contributed by atoms with Crippen LogP contribution in [0.25, 0.3) is 0 Å². The molecule has 0 aliphatic rings. The Labute approximate surface area is 94.2 Å². The second-order valence-corrected chi connectivity index (χ2v) is 6.64. The van der Waals surface area contributed by atoms with Crippen molar-refractivity contribution in [3.63, 3.8) is 0 Å². The number of aromatic nitrogens is 1. The fourth-order valence-electron chi connectivity index (χ4n) is 1.03. The molecule has 0 aliphatic carbocycles. The smallest absolute Gasteiger partial charge is 0.147 e. The van der Waals surface area contributed by atoms with Gasteiger partial charge in [0.25, 0.3) is 0 Å². The van der Waals surface area contributed by atoms with Crippen LogP contribution in [0.15, 0.2) is 23.4 Å². The van der Waals surface area contributed by atoms with Crippen LogP contribution >= 0.6 is 11.8 Å². The molecule has 1 aromatic heterocycles. The summed E-state index contributed by atoms with van der Waals surface area (Å²) >= 11 is 1.56. The second-order valence-electron chi connectivity index (χ2n) is 3.25. The molecule has 0 radical (unpaired) electrons. The van der Waals surface area contributed by atoms with Crippen LogP contribution in [0.3, 0.4) is 0 Å². The van der Waals surface area contributed by atoms with Crippen molar-refractivity contribution in [1.29, 1.82) is 0 Å². The van der Waals surface area contributed by atoms with Gasteiger partial charge in [0.15, 0.2) is 0 Å². The van der Waals surface area contributed by atoms with Gasteiger partial charge in [-0.3, -0.25) is 4.98 Å². The first kappa shape index (κ1) is 12.3. The molecular formula is C9H14N2O2S2. The van der Waals surface area contributed by atoms with Gasteiger partial charge in [-0.1, -0.05) is 0 Å². The zero-order valence-corrected chi connectivity index (χ0v) is 10.1. The number of sulfone groups is 1. The van der Waals surface area contributed by atoms with Crippen molar-refractivity contribution in [1.82, 2.24) is 4.98 Å². The third-order valence-electron chi connectivity index (χ3n) is 1.73.